The van der Waals surface area contributed by atoms with E-state index in [1.165, 1.54) is 22.3 Å². The number of hydrogen-bond donors (Lipinski definition) is 1. The summed E-state index contributed by atoms with van der Waals surface area (Å²) >= 11 is 0. The highest BCUT2D eigenvalue weighted by Crippen LogP contribution is 2.16. The van der Waals surface area contributed by atoms with Gasteiger partial charge >= 0.3 is 0 Å². The van der Waals surface area contributed by atoms with Gasteiger partial charge in [0.05, 0.1) is 0 Å². The molecule has 2 nitrogen and oxygen atoms in total. The molecule has 1 N–H and O–H groups in total. The maximum atomic E-state index is 11.2. The van der Waals surface area contributed by atoms with Crippen molar-refractivity contribution in [3.8, 4) is 0 Å². The molecule has 0 heterocycles. The predicted octanol–water partition coefficient (Wildman–Crippen LogP) is 2.86. The van der Waals surface area contributed by atoms with E-state index in [9.17, 15) is 4.21 Å². The second-order valence-corrected chi connectivity index (χ2v) is 6.95. The summed E-state index contributed by atoms with van der Waals surface area (Å²) in [5.41, 5.74) is 5.42. The summed E-state index contributed by atoms with van der Waals surface area (Å²) in [5.74, 6) is 0. The van der Waals surface area contributed by atoms with Gasteiger partial charge in [0.2, 0.25) is 0 Å². The van der Waals surface area contributed by atoms with Crippen LogP contribution in [0.5, 0.6) is 0 Å². The van der Waals surface area contributed by atoms with Gasteiger partial charge in [-0.3, -0.25) is 4.21 Å². The van der Waals surface area contributed by atoms with Crippen LogP contribution in [0.25, 0.3) is 0 Å². The molecule has 0 saturated heterocycles. The highest BCUT2D eigenvalue weighted by atomic mass is 32.2. The molecule has 0 aliphatic heterocycles. The quantitative estimate of drug-likeness (QED) is 0.803. The van der Waals surface area contributed by atoms with E-state index in [2.05, 4.69) is 38.2 Å². The van der Waals surface area contributed by atoms with E-state index in [-0.39, 0.29) is 5.25 Å². The zero-order valence-corrected chi connectivity index (χ0v) is 13.0. The van der Waals surface area contributed by atoms with Gasteiger partial charge in [-0.25, -0.2) is 0 Å². The minimum atomic E-state index is -0.710. The van der Waals surface area contributed by atoms with Crippen LogP contribution >= 0.6 is 0 Å². The molecule has 1 aromatic rings. The maximum absolute atomic E-state index is 11.2. The van der Waals surface area contributed by atoms with Crippen molar-refractivity contribution in [1.29, 1.82) is 0 Å². The van der Waals surface area contributed by atoms with Crippen molar-refractivity contribution >= 4 is 10.8 Å². The fourth-order valence-electron chi connectivity index (χ4n) is 2.17. The highest BCUT2D eigenvalue weighted by molar-refractivity contribution is 7.84. The van der Waals surface area contributed by atoms with Crippen molar-refractivity contribution < 1.29 is 4.21 Å². The Labute approximate surface area is 114 Å². The smallest absolute Gasteiger partial charge is 0.0329 e. The van der Waals surface area contributed by atoms with Gasteiger partial charge < -0.3 is 5.32 Å². The second-order valence-electron chi connectivity index (χ2n) is 5.15. The van der Waals surface area contributed by atoms with Gasteiger partial charge in [0.25, 0.3) is 0 Å². The Morgan fingerprint density at radius 2 is 1.78 bits per heavy atom. The summed E-state index contributed by atoms with van der Waals surface area (Å²) in [6.45, 7) is 10.3. The van der Waals surface area contributed by atoms with Gasteiger partial charge in [0.15, 0.2) is 0 Å². The molecule has 0 amide bonds. The fourth-order valence-corrected chi connectivity index (χ4v) is 2.62. The lowest BCUT2D eigenvalue weighted by atomic mass is 10.00. The molecule has 0 spiro atoms. The molecule has 0 radical (unpaired) electrons. The zero-order chi connectivity index (χ0) is 13.7. The molecule has 2 atom stereocenters. The van der Waals surface area contributed by atoms with Crippen molar-refractivity contribution in [2.75, 3.05) is 12.8 Å². The molecule has 102 valence electrons. The number of nitrogens with one attached hydrogen (secondary N) is 1. The lowest BCUT2D eigenvalue weighted by molar-refractivity contribution is 0.626. The van der Waals surface area contributed by atoms with Crippen LogP contribution in [-0.2, 0) is 17.3 Å². The highest BCUT2D eigenvalue weighted by Gasteiger charge is 2.06. The molecular weight excluding hydrogens is 242 g/mol. The van der Waals surface area contributed by atoms with Crippen molar-refractivity contribution in [2.45, 2.75) is 45.9 Å². The van der Waals surface area contributed by atoms with Crippen molar-refractivity contribution in [3.63, 3.8) is 0 Å². The van der Waals surface area contributed by atoms with Crippen molar-refractivity contribution in [2.24, 2.45) is 0 Å². The first-order chi connectivity index (χ1) is 8.41. The van der Waals surface area contributed by atoms with E-state index in [0.717, 1.165) is 19.5 Å². The SMILES string of the molecule is Cc1cc(C)c(CNCCC(C)S(C)=O)c(C)c1. The molecule has 0 fully saturated rings. The Hall–Kier alpha value is -0.670. The van der Waals surface area contributed by atoms with Crippen LogP contribution in [0, 0.1) is 20.8 Å². The summed E-state index contributed by atoms with van der Waals surface area (Å²) < 4.78 is 11.2. The van der Waals surface area contributed by atoms with Crippen LogP contribution in [0.3, 0.4) is 0 Å². The Morgan fingerprint density at radius 1 is 1.22 bits per heavy atom. The molecule has 0 saturated carbocycles. The first-order valence-corrected chi connectivity index (χ1v) is 8.13. The minimum Gasteiger partial charge on any atom is -0.313 e. The molecule has 0 bridgehead atoms. The monoisotopic (exact) mass is 267 g/mol. The lowest BCUT2D eigenvalue weighted by Gasteiger charge is -2.13. The Balaban J connectivity index is 2.47. The fraction of sp³-hybridized carbons (Fsp3) is 0.600. The van der Waals surface area contributed by atoms with Crippen molar-refractivity contribution in [1.82, 2.24) is 5.32 Å². The van der Waals surface area contributed by atoms with Crippen LogP contribution in [0.1, 0.15) is 35.6 Å². The van der Waals surface area contributed by atoms with Gasteiger partial charge in [-0.2, -0.15) is 0 Å². The lowest BCUT2D eigenvalue weighted by Crippen LogP contribution is -2.21. The van der Waals surface area contributed by atoms with E-state index in [1.54, 1.807) is 6.26 Å². The third-order valence-electron chi connectivity index (χ3n) is 3.44. The molecule has 3 heteroatoms. The molecule has 0 aromatic heterocycles. The maximum Gasteiger partial charge on any atom is 0.0329 e. The Morgan fingerprint density at radius 3 is 2.28 bits per heavy atom. The number of rotatable bonds is 6. The van der Waals surface area contributed by atoms with Gasteiger partial charge in [0.1, 0.15) is 0 Å². The third kappa shape index (κ3) is 4.54. The van der Waals surface area contributed by atoms with Gasteiger partial charge in [0, 0.05) is 28.9 Å². The minimum absolute atomic E-state index is 0.276. The summed E-state index contributed by atoms with van der Waals surface area (Å²) in [7, 11) is -0.710. The van der Waals surface area contributed by atoms with Crippen LogP contribution in [-0.4, -0.2) is 22.3 Å². The molecule has 0 aliphatic carbocycles. The molecule has 1 aromatic carbocycles. The molecule has 0 aliphatic rings. The summed E-state index contributed by atoms with van der Waals surface area (Å²) in [6.07, 6.45) is 2.74. The average molecular weight is 267 g/mol. The van der Waals surface area contributed by atoms with Gasteiger partial charge in [-0.15, -0.1) is 0 Å². The van der Waals surface area contributed by atoms with E-state index < -0.39 is 10.8 Å². The van der Waals surface area contributed by atoms with Crippen LogP contribution in [0.2, 0.25) is 0 Å². The summed E-state index contributed by atoms with van der Waals surface area (Å²) in [6, 6.07) is 4.46. The van der Waals surface area contributed by atoms with Crippen LogP contribution in [0.15, 0.2) is 12.1 Å². The largest absolute Gasteiger partial charge is 0.313 e. The van der Waals surface area contributed by atoms with Gasteiger partial charge in [-0.05, 0) is 50.4 Å². The average Bonchev–Trinajstić information content (AvgIpc) is 2.26. The van der Waals surface area contributed by atoms with E-state index >= 15 is 0 Å². The third-order valence-corrected chi connectivity index (χ3v) is 4.81. The zero-order valence-electron chi connectivity index (χ0n) is 12.2. The van der Waals surface area contributed by atoms with Crippen molar-refractivity contribution in [3.05, 3.63) is 34.4 Å². The number of aryl methyl sites for hydroxylation is 3. The molecule has 18 heavy (non-hydrogen) atoms. The normalized spacial score (nSPS) is 14.5. The summed E-state index contributed by atoms with van der Waals surface area (Å²) in [5, 5.41) is 3.73. The van der Waals surface area contributed by atoms with Crippen LogP contribution < -0.4 is 5.32 Å². The summed E-state index contributed by atoms with van der Waals surface area (Å²) in [4.78, 5) is 0. The molecule has 2 unspecified atom stereocenters. The Bertz CT molecular complexity index is 405. The first-order valence-electron chi connectivity index (χ1n) is 6.51. The number of benzene rings is 1. The van der Waals surface area contributed by atoms with E-state index in [4.69, 9.17) is 0 Å². The standard InChI is InChI=1S/C15H25NOS/c1-11-8-12(2)15(13(3)9-11)10-16-7-6-14(4)18(5)17/h8-9,14,16H,6-7,10H2,1-5H3. The van der Waals surface area contributed by atoms with Crippen LogP contribution in [0.4, 0.5) is 0 Å². The first kappa shape index (κ1) is 15.4. The Kier molecular flexibility index (Phi) is 6.03. The topological polar surface area (TPSA) is 29.1 Å². The second kappa shape index (κ2) is 7.05. The van der Waals surface area contributed by atoms with E-state index in [1.807, 2.05) is 6.92 Å². The molecular formula is C15H25NOS. The predicted molar refractivity (Wildman–Crippen MR) is 80.5 cm³/mol. The number of hydrogen-bond acceptors (Lipinski definition) is 2. The molecule has 1 rings (SSSR count). The van der Waals surface area contributed by atoms with Gasteiger partial charge in [-0.1, -0.05) is 24.6 Å². The van der Waals surface area contributed by atoms with E-state index in [0.29, 0.717) is 0 Å².